The van der Waals surface area contributed by atoms with Crippen LogP contribution in [-0.2, 0) is 15.8 Å². The first-order valence-corrected chi connectivity index (χ1v) is 8.65. The molecule has 1 N–H and O–H groups in total. The van der Waals surface area contributed by atoms with Gasteiger partial charge in [0, 0.05) is 5.75 Å². The Balaban J connectivity index is 1.81. The molecule has 0 unspecified atom stereocenters. The van der Waals surface area contributed by atoms with Gasteiger partial charge in [-0.2, -0.15) is 8.42 Å². The van der Waals surface area contributed by atoms with Crippen molar-refractivity contribution < 1.29 is 17.2 Å². The number of benzene rings is 2. The summed E-state index contributed by atoms with van der Waals surface area (Å²) in [6.45, 7) is 0. The molecule has 1 aliphatic heterocycles. The van der Waals surface area contributed by atoms with Crippen LogP contribution in [0.25, 0.3) is 0 Å². The molecule has 8 heteroatoms. The Kier molecular flexibility index (Phi) is 3.88. The number of hydrogen-bond acceptors (Lipinski definition) is 4. The molecule has 1 aliphatic rings. The highest BCUT2D eigenvalue weighted by Gasteiger charge is 2.25. The molecule has 3 rings (SSSR count). The van der Waals surface area contributed by atoms with Gasteiger partial charge in [0.1, 0.15) is 16.5 Å². The van der Waals surface area contributed by atoms with Crippen LogP contribution in [0.2, 0.25) is 0 Å². The lowest BCUT2D eigenvalue weighted by molar-refractivity contribution is 0.592. The van der Waals surface area contributed by atoms with Gasteiger partial charge in [-0.05, 0) is 35.9 Å². The number of fused-ring (bicyclic) bond motifs is 1. The average molecular weight is 340 g/mol. The second-order valence-electron chi connectivity index (χ2n) is 4.55. The Morgan fingerprint density at radius 2 is 1.73 bits per heavy atom. The molecule has 114 valence electrons. The van der Waals surface area contributed by atoms with Crippen molar-refractivity contribution in [3.63, 3.8) is 0 Å². The molecule has 0 spiro atoms. The summed E-state index contributed by atoms with van der Waals surface area (Å²) in [6, 6.07) is 9.36. The van der Waals surface area contributed by atoms with Crippen LogP contribution in [0.5, 0.6) is 0 Å². The summed E-state index contributed by atoms with van der Waals surface area (Å²) in [6.07, 6.45) is 0. The normalized spacial score (nSPS) is 15.6. The van der Waals surface area contributed by atoms with Crippen molar-refractivity contribution in [3.05, 3.63) is 59.7 Å². The largest absolute Gasteiger partial charge is 0.333 e. The van der Waals surface area contributed by atoms with Gasteiger partial charge in [-0.1, -0.05) is 23.9 Å². The fraction of sp³-hybridized carbons (Fsp3) is 0.0714. The lowest BCUT2D eigenvalue weighted by Crippen LogP contribution is -2.19. The van der Waals surface area contributed by atoms with Crippen LogP contribution in [0.1, 0.15) is 5.56 Å². The highest BCUT2D eigenvalue weighted by Crippen LogP contribution is 2.30. The topological polar surface area (TPSA) is 58.5 Å². The summed E-state index contributed by atoms with van der Waals surface area (Å²) >= 11 is 1.17. The van der Waals surface area contributed by atoms with Gasteiger partial charge in [0.15, 0.2) is 5.17 Å². The summed E-state index contributed by atoms with van der Waals surface area (Å²) in [5, 5.41) is 3.05. The lowest BCUT2D eigenvalue weighted by atomic mass is 10.2. The monoisotopic (exact) mass is 340 g/mol. The van der Waals surface area contributed by atoms with E-state index in [1.165, 1.54) is 36.0 Å². The van der Waals surface area contributed by atoms with Crippen LogP contribution < -0.4 is 5.32 Å². The Morgan fingerprint density at radius 3 is 2.45 bits per heavy atom. The van der Waals surface area contributed by atoms with Crippen LogP contribution in [0.15, 0.2) is 51.8 Å². The van der Waals surface area contributed by atoms with E-state index in [-0.39, 0.29) is 21.6 Å². The average Bonchev–Trinajstić information content (AvgIpc) is 2.47. The van der Waals surface area contributed by atoms with Crippen molar-refractivity contribution in [2.24, 2.45) is 4.40 Å². The number of hydrogen-bond donors (Lipinski definition) is 1. The van der Waals surface area contributed by atoms with Crippen molar-refractivity contribution in [2.45, 2.75) is 10.6 Å². The maximum atomic E-state index is 13.2. The number of anilines is 1. The molecule has 22 heavy (non-hydrogen) atoms. The smallest absolute Gasteiger partial charge is 0.286 e. The molecule has 0 fully saturated rings. The molecule has 0 saturated heterocycles. The van der Waals surface area contributed by atoms with Gasteiger partial charge in [0.05, 0.1) is 5.69 Å². The Hall–Kier alpha value is -1.93. The zero-order chi connectivity index (χ0) is 15.7. The van der Waals surface area contributed by atoms with Gasteiger partial charge >= 0.3 is 0 Å². The maximum absolute atomic E-state index is 13.2. The maximum Gasteiger partial charge on any atom is 0.286 e. The van der Waals surface area contributed by atoms with E-state index < -0.39 is 15.8 Å². The first kappa shape index (κ1) is 15.0. The lowest BCUT2D eigenvalue weighted by Gasteiger charge is -2.17. The number of halogens is 2. The summed E-state index contributed by atoms with van der Waals surface area (Å²) in [5.74, 6) is -0.541. The van der Waals surface area contributed by atoms with E-state index in [0.29, 0.717) is 5.75 Å². The zero-order valence-corrected chi connectivity index (χ0v) is 12.7. The number of nitrogens with one attached hydrogen (secondary N) is 1. The SMILES string of the molecule is O=S1(=O)N=C(SCc2ccc(F)cc2)Nc2ccc(F)cc21. The van der Waals surface area contributed by atoms with E-state index in [1.54, 1.807) is 12.1 Å². The summed E-state index contributed by atoms with van der Waals surface area (Å²) in [5.41, 5.74) is 1.12. The third kappa shape index (κ3) is 3.12. The van der Waals surface area contributed by atoms with Crippen molar-refractivity contribution in [1.82, 2.24) is 0 Å². The number of rotatable bonds is 2. The molecule has 2 aromatic rings. The van der Waals surface area contributed by atoms with E-state index in [2.05, 4.69) is 9.71 Å². The number of thioether (sulfide) groups is 1. The van der Waals surface area contributed by atoms with Gasteiger partial charge in [-0.3, -0.25) is 0 Å². The Labute approximate surface area is 130 Å². The first-order chi connectivity index (χ1) is 10.4. The molecule has 0 aliphatic carbocycles. The van der Waals surface area contributed by atoms with E-state index in [1.807, 2.05) is 0 Å². The fourth-order valence-corrected chi connectivity index (χ4v) is 4.11. The number of sulfonamides is 1. The van der Waals surface area contributed by atoms with Gasteiger partial charge < -0.3 is 5.32 Å². The third-order valence-corrected chi connectivity index (χ3v) is 5.33. The van der Waals surface area contributed by atoms with Crippen molar-refractivity contribution in [2.75, 3.05) is 5.32 Å². The molecule has 0 radical (unpaired) electrons. The second kappa shape index (κ2) is 5.69. The van der Waals surface area contributed by atoms with E-state index >= 15 is 0 Å². The molecule has 0 saturated carbocycles. The van der Waals surface area contributed by atoms with Gasteiger partial charge in [0.25, 0.3) is 10.0 Å². The molecular formula is C14H10F2N2O2S2. The summed E-state index contributed by atoms with van der Waals surface area (Å²) < 4.78 is 53.7. The van der Waals surface area contributed by atoms with Gasteiger partial charge in [-0.25, -0.2) is 8.78 Å². The standard InChI is InChI=1S/C14H10F2N2O2S2/c15-10-3-1-9(2-4-10)8-21-14-17-12-6-5-11(16)7-13(12)22(19,20)18-14/h1-7H,8H2,(H,17,18). The molecule has 4 nitrogen and oxygen atoms in total. The van der Waals surface area contributed by atoms with Crippen LogP contribution in [-0.4, -0.2) is 13.6 Å². The second-order valence-corrected chi connectivity index (χ2v) is 7.09. The summed E-state index contributed by atoms with van der Waals surface area (Å²) in [7, 11) is -3.92. The van der Waals surface area contributed by atoms with Gasteiger partial charge in [0.2, 0.25) is 0 Å². The Bertz CT molecular complexity index is 850. The highest BCUT2D eigenvalue weighted by atomic mass is 32.2. The van der Waals surface area contributed by atoms with Crippen LogP contribution >= 0.6 is 11.8 Å². The predicted octanol–water partition coefficient (Wildman–Crippen LogP) is 3.37. The molecule has 0 amide bonds. The van der Waals surface area contributed by atoms with Crippen molar-refractivity contribution >= 4 is 32.6 Å². The van der Waals surface area contributed by atoms with E-state index in [0.717, 1.165) is 11.6 Å². The van der Waals surface area contributed by atoms with Crippen LogP contribution in [0.4, 0.5) is 14.5 Å². The third-order valence-electron chi connectivity index (χ3n) is 2.96. The van der Waals surface area contributed by atoms with Crippen molar-refractivity contribution in [1.29, 1.82) is 0 Å². The zero-order valence-electron chi connectivity index (χ0n) is 11.1. The fourth-order valence-electron chi connectivity index (χ4n) is 1.90. The van der Waals surface area contributed by atoms with E-state index in [4.69, 9.17) is 0 Å². The van der Waals surface area contributed by atoms with E-state index in [9.17, 15) is 17.2 Å². The first-order valence-electron chi connectivity index (χ1n) is 6.23. The Morgan fingerprint density at radius 1 is 1.05 bits per heavy atom. The quantitative estimate of drug-likeness (QED) is 0.911. The van der Waals surface area contributed by atoms with Crippen LogP contribution in [0.3, 0.4) is 0 Å². The number of amidine groups is 1. The molecule has 1 heterocycles. The minimum atomic E-state index is -3.92. The van der Waals surface area contributed by atoms with Crippen molar-refractivity contribution in [3.8, 4) is 0 Å². The molecule has 0 bridgehead atoms. The minimum absolute atomic E-state index is 0.182. The molecule has 0 aromatic heterocycles. The minimum Gasteiger partial charge on any atom is -0.333 e. The van der Waals surface area contributed by atoms with Gasteiger partial charge in [-0.15, -0.1) is 4.40 Å². The number of nitrogens with zero attached hydrogens (tertiary/aromatic N) is 1. The molecule has 0 atom stereocenters. The van der Waals surface area contributed by atoms with Crippen LogP contribution in [0, 0.1) is 11.6 Å². The molecular weight excluding hydrogens is 330 g/mol. The predicted molar refractivity (Wildman–Crippen MR) is 82.3 cm³/mol. The highest BCUT2D eigenvalue weighted by molar-refractivity contribution is 8.14. The summed E-state index contributed by atoms with van der Waals surface area (Å²) in [4.78, 5) is -0.182. The molecule has 2 aromatic carbocycles.